The van der Waals surface area contributed by atoms with Gasteiger partial charge in [-0.05, 0) is 31.5 Å². The van der Waals surface area contributed by atoms with E-state index in [2.05, 4.69) is 20.6 Å². The molecule has 0 amide bonds. The van der Waals surface area contributed by atoms with E-state index in [0.717, 1.165) is 5.56 Å². The number of hydrogen-bond donors (Lipinski definition) is 2. The van der Waals surface area contributed by atoms with Crippen LogP contribution in [0.5, 0.6) is 0 Å². The molecule has 0 aromatic carbocycles. The van der Waals surface area contributed by atoms with Gasteiger partial charge in [-0.2, -0.15) is 0 Å². The van der Waals surface area contributed by atoms with E-state index in [-0.39, 0.29) is 11.7 Å². The molecule has 0 aliphatic carbocycles. The van der Waals surface area contributed by atoms with E-state index >= 15 is 0 Å². The van der Waals surface area contributed by atoms with Gasteiger partial charge in [-0.25, -0.2) is 4.98 Å². The first kappa shape index (κ1) is 14.7. The number of hydrogen-bond acceptors (Lipinski definition) is 6. The highest BCUT2D eigenvalue weighted by Gasteiger charge is 2.13. The maximum atomic E-state index is 11.0. The lowest BCUT2D eigenvalue weighted by atomic mass is 10.1. The van der Waals surface area contributed by atoms with Gasteiger partial charge in [0.25, 0.3) is 5.69 Å². The number of anilines is 2. The number of rotatable bonds is 6. The second-order valence-electron chi connectivity index (χ2n) is 4.53. The molecule has 2 heterocycles. The molecule has 2 aromatic rings. The van der Waals surface area contributed by atoms with Gasteiger partial charge in [0, 0.05) is 18.9 Å². The van der Waals surface area contributed by atoms with Gasteiger partial charge < -0.3 is 10.6 Å². The Morgan fingerprint density at radius 3 is 2.57 bits per heavy atom. The zero-order chi connectivity index (χ0) is 15.2. The zero-order valence-corrected chi connectivity index (χ0v) is 11.9. The van der Waals surface area contributed by atoms with Crippen molar-refractivity contribution in [3.63, 3.8) is 0 Å². The highest BCUT2D eigenvalue weighted by atomic mass is 16.6. The van der Waals surface area contributed by atoms with Crippen LogP contribution in [0.4, 0.5) is 17.3 Å². The van der Waals surface area contributed by atoms with Crippen molar-refractivity contribution in [2.75, 3.05) is 17.2 Å². The van der Waals surface area contributed by atoms with Crippen LogP contribution in [0.3, 0.4) is 0 Å². The summed E-state index contributed by atoms with van der Waals surface area (Å²) < 4.78 is 0. The molecule has 0 spiro atoms. The molecule has 1 unspecified atom stereocenters. The molecule has 2 rings (SSSR count). The standard InChI is InChI=1S/C14H17N5O2/c1-3-16-13-8-12(19(20)21)9-14(18-13)17-10(2)11-4-6-15-7-5-11/h4-10H,3H2,1-2H3,(H2,16,17,18). The van der Waals surface area contributed by atoms with Crippen molar-refractivity contribution in [2.45, 2.75) is 19.9 Å². The van der Waals surface area contributed by atoms with Crippen LogP contribution in [0.15, 0.2) is 36.7 Å². The molecule has 2 N–H and O–H groups in total. The molecule has 0 fully saturated rings. The summed E-state index contributed by atoms with van der Waals surface area (Å²) in [5.41, 5.74) is 1.04. The molecular weight excluding hydrogens is 270 g/mol. The minimum atomic E-state index is -0.426. The van der Waals surface area contributed by atoms with Crippen molar-refractivity contribution in [2.24, 2.45) is 0 Å². The third-order valence-electron chi connectivity index (χ3n) is 2.95. The Kier molecular flexibility index (Phi) is 4.65. The van der Waals surface area contributed by atoms with E-state index in [0.29, 0.717) is 18.2 Å². The van der Waals surface area contributed by atoms with Gasteiger partial charge in [0.1, 0.15) is 11.6 Å². The maximum Gasteiger partial charge on any atom is 0.276 e. The molecule has 2 aromatic heterocycles. The predicted molar refractivity (Wildman–Crippen MR) is 81.3 cm³/mol. The molecule has 0 saturated carbocycles. The SMILES string of the molecule is CCNc1cc([N+](=O)[O-])cc(NC(C)c2ccncc2)n1. The van der Waals surface area contributed by atoms with Crippen molar-refractivity contribution >= 4 is 17.3 Å². The Balaban J connectivity index is 2.24. The largest absolute Gasteiger partial charge is 0.370 e. The molecule has 1 atom stereocenters. The van der Waals surface area contributed by atoms with Gasteiger partial charge in [-0.1, -0.05) is 0 Å². The summed E-state index contributed by atoms with van der Waals surface area (Å²) in [5.74, 6) is 0.945. The normalized spacial score (nSPS) is 11.7. The molecule has 21 heavy (non-hydrogen) atoms. The van der Waals surface area contributed by atoms with E-state index < -0.39 is 4.92 Å². The summed E-state index contributed by atoms with van der Waals surface area (Å²) in [5, 5.41) is 17.1. The second-order valence-corrected chi connectivity index (χ2v) is 4.53. The van der Waals surface area contributed by atoms with Crippen LogP contribution in [0.25, 0.3) is 0 Å². The van der Waals surface area contributed by atoms with Crippen molar-refractivity contribution in [1.29, 1.82) is 0 Å². The topological polar surface area (TPSA) is 93.0 Å². The highest BCUT2D eigenvalue weighted by Crippen LogP contribution is 2.24. The van der Waals surface area contributed by atoms with Crippen LogP contribution >= 0.6 is 0 Å². The minimum absolute atomic E-state index is 0.00498. The molecule has 0 aliphatic rings. The first-order valence-electron chi connectivity index (χ1n) is 6.67. The fraction of sp³-hybridized carbons (Fsp3) is 0.286. The first-order valence-corrected chi connectivity index (χ1v) is 6.67. The lowest BCUT2D eigenvalue weighted by molar-refractivity contribution is -0.384. The smallest absolute Gasteiger partial charge is 0.276 e. The van der Waals surface area contributed by atoms with Crippen LogP contribution in [0.1, 0.15) is 25.5 Å². The van der Waals surface area contributed by atoms with Gasteiger partial charge in [0.15, 0.2) is 0 Å². The van der Waals surface area contributed by atoms with Crippen molar-refractivity contribution in [3.8, 4) is 0 Å². The lowest BCUT2D eigenvalue weighted by Crippen LogP contribution is -2.10. The molecule has 7 nitrogen and oxygen atoms in total. The average Bonchev–Trinajstić information content (AvgIpc) is 2.48. The van der Waals surface area contributed by atoms with Crippen LogP contribution in [-0.4, -0.2) is 21.4 Å². The summed E-state index contributed by atoms with van der Waals surface area (Å²) in [7, 11) is 0. The van der Waals surface area contributed by atoms with Crippen molar-refractivity contribution in [3.05, 3.63) is 52.3 Å². The Hall–Kier alpha value is -2.70. The van der Waals surface area contributed by atoms with Gasteiger partial charge in [-0.15, -0.1) is 0 Å². The summed E-state index contributed by atoms with van der Waals surface area (Å²) in [6.45, 7) is 4.52. The third kappa shape index (κ3) is 3.88. The van der Waals surface area contributed by atoms with Crippen molar-refractivity contribution < 1.29 is 4.92 Å². The van der Waals surface area contributed by atoms with Crippen LogP contribution in [-0.2, 0) is 0 Å². The van der Waals surface area contributed by atoms with Crippen LogP contribution in [0, 0.1) is 10.1 Å². The number of nitrogens with one attached hydrogen (secondary N) is 2. The zero-order valence-electron chi connectivity index (χ0n) is 11.9. The molecule has 0 aliphatic heterocycles. The average molecular weight is 287 g/mol. The van der Waals surface area contributed by atoms with Gasteiger partial charge >= 0.3 is 0 Å². The van der Waals surface area contributed by atoms with Crippen LogP contribution in [0.2, 0.25) is 0 Å². The monoisotopic (exact) mass is 287 g/mol. The minimum Gasteiger partial charge on any atom is -0.370 e. The summed E-state index contributed by atoms with van der Waals surface area (Å²) >= 11 is 0. The Morgan fingerprint density at radius 2 is 1.95 bits per heavy atom. The molecule has 110 valence electrons. The molecule has 7 heteroatoms. The van der Waals surface area contributed by atoms with E-state index in [1.54, 1.807) is 12.4 Å². The van der Waals surface area contributed by atoms with Gasteiger partial charge in [-0.3, -0.25) is 15.1 Å². The Morgan fingerprint density at radius 1 is 1.29 bits per heavy atom. The predicted octanol–water partition coefficient (Wildman–Crippen LogP) is 2.99. The Labute approximate surface area is 122 Å². The highest BCUT2D eigenvalue weighted by molar-refractivity contribution is 5.55. The second kappa shape index (κ2) is 6.65. The maximum absolute atomic E-state index is 11.0. The van der Waals surface area contributed by atoms with Crippen LogP contribution < -0.4 is 10.6 Å². The van der Waals surface area contributed by atoms with E-state index in [4.69, 9.17) is 0 Å². The molecule has 0 bridgehead atoms. The molecular formula is C14H17N5O2. The third-order valence-corrected chi connectivity index (χ3v) is 2.95. The number of nitrogens with zero attached hydrogens (tertiary/aromatic N) is 3. The fourth-order valence-corrected chi connectivity index (χ4v) is 1.92. The van der Waals surface area contributed by atoms with Gasteiger partial charge in [0.2, 0.25) is 0 Å². The number of nitro groups is 1. The summed E-state index contributed by atoms with van der Waals surface area (Å²) in [4.78, 5) is 18.9. The number of pyridine rings is 2. The first-order chi connectivity index (χ1) is 10.1. The van der Waals surface area contributed by atoms with Gasteiger partial charge in [0.05, 0.1) is 23.1 Å². The molecule has 0 radical (unpaired) electrons. The van der Waals surface area contributed by atoms with E-state index in [1.807, 2.05) is 26.0 Å². The van der Waals surface area contributed by atoms with E-state index in [9.17, 15) is 10.1 Å². The fourth-order valence-electron chi connectivity index (χ4n) is 1.92. The number of aromatic nitrogens is 2. The van der Waals surface area contributed by atoms with Crippen molar-refractivity contribution in [1.82, 2.24) is 9.97 Å². The lowest BCUT2D eigenvalue weighted by Gasteiger charge is -2.15. The summed E-state index contributed by atoms with van der Waals surface area (Å²) in [6.07, 6.45) is 3.41. The quantitative estimate of drug-likeness (QED) is 0.626. The van der Waals surface area contributed by atoms with E-state index in [1.165, 1.54) is 12.1 Å². The Bertz CT molecular complexity index is 618. The summed E-state index contributed by atoms with van der Waals surface area (Å²) in [6, 6.07) is 6.60. The molecule has 0 saturated heterocycles.